The Kier molecular flexibility index (Phi) is 3.14. The van der Waals surface area contributed by atoms with E-state index < -0.39 is 0 Å². The molecule has 1 heterocycles. The predicted octanol–water partition coefficient (Wildman–Crippen LogP) is 2.62. The van der Waals surface area contributed by atoms with Crippen LogP contribution in [0.5, 0.6) is 17.2 Å². The summed E-state index contributed by atoms with van der Waals surface area (Å²) in [5, 5.41) is 0. The lowest BCUT2D eigenvalue weighted by atomic mass is 10.2. The van der Waals surface area contributed by atoms with Crippen molar-refractivity contribution in [2.45, 2.75) is 6.61 Å². The van der Waals surface area contributed by atoms with Crippen LogP contribution >= 0.6 is 0 Å². The number of ether oxygens (including phenoxy) is 3. The number of benzene rings is 2. The van der Waals surface area contributed by atoms with E-state index in [9.17, 15) is 0 Å². The molecule has 0 aliphatic carbocycles. The van der Waals surface area contributed by atoms with Crippen molar-refractivity contribution in [3.8, 4) is 17.2 Å². The fourth-order valence-corrected chi connectivity index (χ4v) is 1.98. The number of nitrogen functional groups attached to an aromatic ring is 1. The molecule has 0 unspecified atom stereocenters. The Hall–Kier alpha value is -2.36. The summed E-state index contributed by atoms with van der Waals surface area (Å²) in [6, 6.07) is 13.6. The summed E-state index contributed by atoms with van der Waals surface area (Å²) in [7, 11) is 0. The van der Waals surface area contributed by atoms with Gasteiger partial charge >= 0.3 is 0 Å². The molecule has 0 saturated heterocycles. The van der Waals surface area contributed by atoms with Gasteiger partial charge in [0.05, 0.1) is 5.69 Å². The molecular formula is C15H15NO3. The van der Waals surface area contributed by atoms with Crippen LogP contribution in [0.25, 0.3) is 0 Å². The van der Waals surface area contributed by atoms with Crippen molar-refractivity contribution in [3.63, 3.8) is 0 Å². The Balaban J connectivity index is 1.81. The van der Waals surface area contributed by atoms with Crippen molar-refractivity contribution in [1.29, 1.82) is 0 Å². The summed E-state index contributed by atoms with van der Waals surface area (Å²) in [5.74, 6) is 1.84. The van der Waals surface area contributed by atoms with Gasteiger partial charge < -0.3 is 19.9 Å². The van der Waals surface area contributed by atoms with Crippen molar-refractivity contribution in [2.24, 2.45) is 0 Å². The maximum absolute atomic E-state index is 5.86. The molecule has 0 aromatic heterocycles. The van der Waals surface area contributed by atoms with Crippen LogP contribution in [0.3, 0.4) is 0 Å². The number of nitrogens with two attached hydrogens (primary N) is 1. The molecule has 0 radical (unpaired) electrons. The van der Waals surface area contributed by atoms with Gasteiger partial charge in [-0.1, -0.05) is 30.3 Å². The van der Waals surface area contributed by atoms with Crippen LogP contribution in [-0.2, 0) is 6.61 Å². The molecular weight excluding hydrogens is 242 g/mol. The second kappa shape index (κ2) is 5.10. The molecule has 2 aromatic carbocycles. The molecule has 1 aliphatic rings. The summed E-state index contributed by atoms with van der Waals surface area (Å²) in [4.78, 5) is 0. The van der Waals surface area contributed by atoms with Crippen LogP contribution in [0.2, 0.25) is 0 Å². The maximum Gasteiger partial charge on any atom is 0.205 e. The van der Waals surface area contributed by atoms with Gasteiger partial charge in [0.1, 0.15) is 19.8 Å². The topological polar surface area (TPSA) is 53.7 Å². The van der Waals surface area contributed by atoms with Crippen LogP contribution < -0.4 is 19.9 Å². The summed E-state index contributed by atoms with van der Waals surface area (Å²) < 4.78 is 16.9. The number of anilines is 1. The lowest BCUT2D eigenvalue weighted by Gasteiger charge is -2.22. The van der Waals surface area contributed by atoms with Gasteiger partial charge in [-0.15, -0.1) is 0 Å². The quantitative estimate of drug-likeness (QED) is 0.859. The number of hydrogen-bond acceptors (Lipinski definition) is 4. The van der Waals surface area contributed by atoms with Gasteiger partial charge in [0.2, 0.25) is 5.75 Å². The van der Waals surface area contributed by atoms with Gasteiger partial charge in [0.25, 0.3) is 0 Å². The Morgan fingerprint density at radius 2 is 1.68 bits per heavy atom. The Bertz CT molecular complexity index is 569. The molecule has 3 rings (SSSR count). The number of fused-ring (bicyclic) bond motifs is 1. The van der Waals surface area contributed by atoms with Crippen molar-refractivity contribution in [1.82, 2.24) is 0 Å². The second-order valence-electron chi connectivity index (χ2n) is 4.28. The van der Waals surface area contributed by atoms with Crippen LogP contribution in [0.4, 0.5) is 5.69 Å². The molecule has 4 nitrogen and oxygen atoms in total. The molecule has 0 saturated carbocycles. The molecule has 2 aromatic rings. The van der Waals surface area contributed by atoms with E-state index in [0.717, 1.165) is 5.56 Å². The van der Waals surface area contributed by atoms with E-state index >= 15 is 0 Å². The van der Waals surface area contributed by atoms with Crippen LogP contribution in [0.15, 0.2) is 42.5 Å². The molecule has 98 valence electrons. The first-order chi connectivity index (χ1) is 9.34. The first-order valence-electron chi connectivity index (χ1n) is 6.19. The zero-order valence-electron chi connectivity index (χ0n) is 10.5. The normalized spacial score (nSPS) is 13.1. The molecule has 0 fully saturated rings. The Labute approximate surface area is 111 Å². The van der Waals surface area contributed by atoms with E-state index in [-0.39, 0.29) is 0 Å². The minimum atomic E-state index is 0.487. The predicted molar refractivity (Wildman–Crippen MR) is 72.6 cm³/mol. The second-order valence-corrected chi connectivity index (χ2v) is 4.28. The average molecular weight is 257 g/mol. The van der Waals surface area contributed by atoms with Crippen molar-refractivity contribution < 1.29 is 14.2 Å². The van der Waals surface area contributed by atoms with Crippen molar-refractivity contribution in [2.75, 3.05) is 18.9 Å². The molecule has 19 heavy (non-hydrogen) atoms. The third-order valence-corrected chi connectivity index (χ3v) is 2.92. The molecule has 2 N–H and O–H groups in total. The minimum Gasteiger partial charge on any atom is -0.485 e. The van der Waals surface area contributed by atoms with E-state index in [2.05, 4.69) is 0 Å². The van der Waals surface area contributed by atoms with Crippen LogP contribution in [0, 0.1) is 0 Å². The standard InChI is InChI=1S/C15H15NO3/c16-12-6-7-13(15-14(12)17-8-9-18-15)19-10-11-4-2-1-3-5-11/h1-7H,8-10,16H2. The van der Waals surface area contributed by atoms with Crippen LogP contribution in [0.1, 0.15) is 5.56 Å². The number of hydrogen-bond donors (Lipinski definition) is 1. The van der Waals surface area contributed by atoms with E-state index in [0.29, 0.717) is 42.8 Å². The third-order valence-electron chi connectivity index (χ3n) is 2.92. The monoisotopic (exact) mass is 257 g/mol. The molecule has 0 spiro atoms. The lowest BCUT2D eigenvalue weighted by molar-refractivity contribution is 0.162. The maximum atomic E-state index is 5.86. The number of rotatable bonds is 3. The van der Waals surface area contributed by atoms with Gasteiger partial charge in [-0.05, 0) is 17.7 Å². The summed E-state index contributed by atoms with van der Waals surface area (Å²) in [6.45, 7) is 1.51. The highest BCUT2D eigenvalue weighted by atomic mass is 16.6. The van der Waals surface area contributed by atoms with Gasteiger partial charge in [-0.2, -0.15) is 0 Å². The SMILES string of the molecule is Nc1ccc(OCc2ccccc2)c2c1OCCO2. The van der Waals surface area contributed by atoms with Gasteiger partial charge in [0, 0.05) is 0 Å². The summed E-state index contributed by atoms with van der Waals surface area (Å²) in [6.07, 6.45) is 0. The highest BCUT2D eigenvalue weighted by Gasteiger charge is 2.19. The van der Waals surface area contributed by atoms with Gasteiger partial charge in [-0.3, -0.25) is 0 Å². The Morgan fingerprint density at radius 3 is 2.47 bits per heavy atom. The fourth-order valence-electron chi connectivity index (χ4n) is 1.98. The average Bonchev–Trinajstić information content (AvgIpc) is 2.48. The minimum absolute atomic E-state index is 0.487. The lowest BCUT2D eigenvalue weighted by Crippen LogP contribution is -2.17. The van der Waals surface area contributed by atoms with Crippen molar-refractivity contribution >= 4 is 5.69 Å². The highest BCUT2D eigenvalue weighted by Crippen LogP contribution is 2.43. The van der Waals surface area contributed by atoms with Gasteiger partial charge in [0.15, 0.2) is 11.5 Å². The van der Waals surface area contributed by atoms with E-state index in [1.807, 2.05) is 36.4 Å². The van der Waals surface area contributed by atoms with Crippen LogP contribution in [-0.4, -0.2) is 13.2 Å². The molecule has 1 aliphatic heterocycles. The van der Waals surface area contributed by atoms with E-state index in [1.165, 1.54) is 0 Å². The first-order valence-corrected chi connectivity index (χ1v) is 6.19. The van der Waals surface area contributed by atoms with Crippen molar-refractivity contribution in [3.05, 3.63) is 48.0 Å². The molecule has 4 heteroatoms. The van der Waals surface area contributed by atoms with E-state index in [1.54, 1.807) is 6.07 Å². The van der Waals surface area contributed by atoms with E-state index in [4.69, 9.17) is 19.9 Å². The molecule has 0 amide bonds. The molecule has 0 bridgehead atoms. The largest absolute Gasteiger partial charge is 0.485 e. The zero-order valence-corrected chi connectivity index (χ0v) is 10.5. The Morgan fingerprint density at radius 1 is 0.947 bits per heavy atom. The zero-order chi connectivity index (χ0) is 13.1. The molecule has 0 atom stereocenters. The smallest absolute Gasteiger partial charge is 0.205 e. The fraction of sp³-hybridized carbons (Fsp3) is 0.200. The first kappa shape index (κ1) is 11.7. The summed E-state index contributed by atoms with van der Waals surface area (Å²) in [5.41, 5.74) is 7.53. The summed E-state index contributed by atoms with van der Waals surface area (Å²) >= 11 is 0. The highest BCUT2D eigenvalue weighted by molar-refractivity contribution is 5.66. The van der Waals surface area contributed by atoms with Gasteiger partial charge in [-0.25, -0.2) is 0 Å². The third kappa shape index (κ3) is 2.42.